The van der Waals surface area contributed by atoms with E-state index < -0.39 is 17.8 Å². The number of benzene rings is 2. The minimum atomic E-state index is -4.40. The SMILES string of the molecule is O=C(CCC1Nc2c3ccccc3nc(=S)n2C1=O)N1CCN(c2cccc(C(F)(F)F)c2)CC1. The van der Waals surface area contributed by atoms with Crippen molar-refractivity contribution in [2.45, 2.75) is 25.1 Å². The largest absolute Gasteiger partial charge is 0.416 e. The van der Waals surface area contributed by atoms with Gasteiger partial charge < -0.3 is 15.1 Å². The maximum Gasteiger partial charge on any atom is 0.416 e. The van der Waals surface area contributed by atoms with E-state index in [1.165, 1.54) is 10.6 Å². The van der Waals surface area contributed by atoms with Gasteiger partial charge >= 0.3 is 6.18 Å². The number of halogens is 3. The van der Waals surface area contributed by atoms with Gasteiger partial charge in [0.1, 0.15) is 11.9 Å². The number of rotatable bonds is 4. The maximum absolute atomic E-state index is 13.0. The Morgan fingerprint density at radius 1 is 1.09 bits per heavy atom. The molecule has 2 aliphatic rings. The summed E-state index contributed by atoms with van der Waals surface area (Å²) < 4.78 is 40.6. The quantitative estimate of drug-likeness (QED) is 0.536. The summed E-state index contributed by atoms with van der Waals surface area (Å²) in [7, 11) is 0. The second kappa shape index (κ2) is 8.95. The van der Waals surface area contributed by atoms with Crippen LogP contribution in [0.3, 0.4) is 0 Å². The topological polar surface area (TPSA) is 70.5 Å². The molecule has 1 aromatic heterocycles. The van der Waals surface area contributed by atoms with Crippen LogP contribution in [0.4, 0.5) is 24.7 Å². The van der Waals surface area contributed by atoms with Gasteiger partial charge in [-0.15, -0.1) is 0 Å². The van der Waals surface area contributed by atoms with Crippen LogP contribution in [0.1, 0.15) is 23.2 Å². The molecule has 0 bridgehead atoms. The predicted octanol–water partition coefficient (Wildman–Crippen LogP) is 4.35. The molecule has 1 amide bonds. The molecule has 3 heterocycles. The standard InChI is InChI=1S/C24H22F3N5O2S/c25-24(26,27)15-4-3-5-16(14-15)30-10-12-31(13-11-30)20(33)9-8-19-22(34)32-21(28-19)17-6-1-2-7-18(17)29-23(32)35/h1-7,14,19,28H,8-13H2. The van der Waals surface area contributed by atoms with E-state index >= 15 is 0 Å². The van der Waals surface area contributed by atoms with E-state index in [2.05, 4.69) is 10.3 Å². The van der Waals surface area contributed by atoms with Crippen molar-refractivity contribution in [2.24, 2.45) is 0 Å². The molecule has 1 unspecified atom stereocenters. The van der Waals surface area contributed by atoms with E-state index in [1.807, 2.05) is 29.2 Å². The molecule has 2 aromatic carbocycles. The molecule has 5 rings (SSSR count). The van der Waals surface area contributed by atoms with Gasteiger partial charge in [-0.2, -0.15) is 13.2 Å². The minimum absolute atomic E-state index is 0.0918. The summed E-state index contributed by atoms with van der Waals surface area (Å²) in [6.07, 6.45) is -3.93. The van der Waals surface area contributed by atoms with Crippen molar-refractivity contribution in [1.82, 2.24) is 14.5 Å². The third kappa shape index (κ3) is 4.47. The number of fused-ring (bicyclic) bond motifs is 3. The summed E-state index contributed by atoms with van der Waals surface area (Å²) >= 11 is 5.30. The van der Waals surface area contributed by atoms with Crippen molar-refractivity contribution in [3.05, 3.63) is 58.9 Å². The van der Waals surface area contributed by atoms with E-state index in [4.69, 9.17) is 12.2 Å². The number of carbonyl (C=O) groups is 2. The summed E-state index contributed by atoms with van der Waals surface area (Å²) in [6.45, 7) is 1.68. The zero-order chi connectivity index (χ0) is 24.7. The van der Waals surface area contributed by atoms with Crippen molar-refractivity contribution in [3.8, 4) is 0 Å². The molecule has 1 N–H and O–H groups in total. The van der Waals surface area contributed by atoms with Crippen molar-refractivity contribution in [2.75, 3.05) is 36.4 Å². The van der Waals surface area contributed by atoms with Crippen LogP contribution in [0, 0.1) is 4.77 Å². The highest BCUT2D eigenvalue weighted by Gasteiger charge is 2.33. The number of alkyl halides is 3. The molecule has 0 saturated carbocycles. The molecule has 1 atom stereocenters. The Morgan fingerprint density at radius 2 is 1.83 bits per heavy atom. The molecule has 35 heavy (non-hydrogen) atoms. The Labute approximate surface area is 204 Å². The number of para-hydroxylation sites is 1. The van der Waals surface area contributed by atoms with Crippen LogP contribution in [0.5, 0.6) is 0 Å². The van der Waals surface area contributed by atoms with Gasteiger partial charge in [0.15, 0.2) is 0 Å². The Kier molecular flexibility index (Phi) is 5.96. The molecule has 11 heteroatoms. The van der Waals surface area contributed by atoms with Crippen molar-refractivity contribution >= 4 is 46.4 Å². The zero-order valence-electron chi connectivity index (χ0n) is 18.6. The van der Waals surface area contributed by atoms with Crippen LogP contribution in [0.25, 0.3) is 10.9 Å². The van der Waals surface area contributed by atoms with Crippen LogP contribution in [0.2, 0.25) is 0 Å². The molecule has 182 valence electrons. The summed E-state index contributed by atoms with van der Waals surface area (Å²) in [5.41, 5.74) is 0.494. The Balaban J connectivity index is 1.19. The highest BCUT2D eigenvalue weighted by atomic mass is 32.1. The fourth-order valence-corrected chi connectivity index (χ4v) is 4.86. The molecule has 7 nitrogen and oxygen atoms in total. The van der Waals surface area contributed by atoms with E-state index in [9.17, 15) is 22.8 Å². The number of amides is 1. The fraction of sp³-hybridized carbons (Fsp3) is 0.333. The lowest BCUT2D eigenvalue weighted by Gasteiger charge is -2.36. The van der Waals surface area contributed by atoms with Gasteiger partial charge in [-0.25, -0.2) is 9.55 Å². The van der Waals surface area contributed by atoms with Gasteiger partial charge in [0, 0.05) is 43.7 Å². The highest BCUT2D eigenvalue weighted by Crippen LogP contribution is 2.32. The van der Waals surface area contributed by atoms with Gasteiger partial charge in [-0.3, -0.25) is 9.59 Å². The lowest BCUT2D eigenvalue weighted by molar-refractivity contribution is -0.137. The van der Waals surface area contributed by atoms with Gasteiger partial charge in [-0.05, 0) is 49.0 Å². The molecule has 0 aliphatic carbocycles. The number of nitrogens with zero attached hydrogens (tertiary/aromatic N) is 4. The molecule has 1 fully saturated rings. The van der Waals surface area contributed by atoms with Crippen LogP contribution in [-0.4, -0.2) is 58.5 Å². The predicted molar refractivity (Wildman–Crippen MR) is 128 cm³/mol. The van der Waals surface area contributed by atoms with Crippen LogP contribution in [-0.2, 0) is 11.0 Å². The van der Waals surface area contributed by atoms with Crippen LogP contribution >= 0.6 is 12.2 Å². The highest BCUT2D eigenvalue weighted by molar-refractivity contribution is 7.71. The van der Waals surface area contributed by atoms with Crippen LogP contribution < -0.4 is 10.2 Å². The summed E-state index contributed by atoms with van der Waals surface area (Å²) in [6, 6.07) is 12.0. The molecule has 0 spiro atoms. The van der Waals surface area contributed by atoms with Crippen molar-refractivity contribution in [1.29, 1.82) is 0 Å². The summed E-state index contributed by atoms with van der Waals surface area (Å²) in [5, 5.41) is 3.99. The van der Waals surface area contributed by atoms with E-state index in [0.717, 1.165) is 17.5 Å². The molecule has 0 radical (unpaired) electrons. The maximum atomic E-state index is 13.0. The Hall–Kier alpha value is -3.47. The first-order chi connectivity index (χ1) is 16.7. The number of aromatic nitrogens is 2. The summed E-state index contributed by atoms with van der Waals surface area (Å²) in [5.74, 6) is 0.272. The second-order valence-corrected chi connectivity index (χ2v) is 8.95. The van der Waals surface area contributed by atoms with Gasteiger partial charge in [0.2, 0.25) is 10.7 Å². The first kappa shape index (κ1) is 23.3. The first-order valence-electron chi connectivity index (χ1n) is 11.2. The third-order valence-electron chi connectivity index (χ3n) is 6.44. The molecule has 1 saturated heterocycles. The molecule has 2 aliphatic heterocycles. The van der Waals surface area contributed by atoms with Gasteiger partial charge in [0.25, 0.3) is 5.91 Å². The van der Waals surface area contributed by atoms with Gasteiger partial charge in [0.05, 0.1) is 11.1 Å². The number of piperazine rings is 1. The number of nitrogens with one attached hydrogen (secondary N) is 1. The third-order valence-corrected chi connectivity index (χ3v) is 6.71. The minimum Gasteiger partial charge on any atom is -0.368 e. The van der Waals surface area contributed by atoms with Crippen molar-refractivity contribution < 1.29 is 22.8 Å². The Bertz CT molecular complexity index is 1370. The summed E-state index contributed by atoms with van der Waals surface area (Å²) in [4.78, 5) is 33.6. The Morgan fingerprint density at radius 3 is 2.57 bits per heavy atom. The normalized spacial score (nSPS) is 18.0. The lowest BCUT2D eigenvalue weighted by Crippen LogP contribution is -2.49. The zero-order valence-corrected chi connectivity index (χ0v) is 19.4. The number of anilines is 2. The fourth-order valence-electron chi connectivity index (χ4n) is 4.58. The van der Waals surface area contributed by atoms with E-state index in [0.29, 0.717) is 49.6 Å². The van der Waals surface area contributed by atoms with Gasteiger partial charge in [-0.1, -0.05) is 18.2 Å². The van der Waals surface area contributed by atoms with Crippen LogP contribution in [0.15, 0.2) is 48.5 Å². The number of hydrogen-bond acceptors (Lipinski definition) is 6. The molecule has 3 aromatic rings. The van der Waals surface area contributed by atoms with E-state index in [-0.39, 0.29) is 23.0 Å². The second-order valence-electron chi connectivity index (χ2n) is 8.59. The smallest absolute Gasteiger partial charge is 0.368 e. The van der Waals surface area contributed by atoms with Crippen molar-refractivity contribution in [3.63, 3.8) is 0 Å². The lowest BCUT2D eigenvalue weighted by atomic mass is 10.1. The molecular weight excluding hydrogens is 479 g/mol. The number of hydrogen-bond donors (Lipinski definition) is 1. The van der Waals surface area contributed by atoms with E-state index in [1.54, 1.807) is 11.0 Å². The average Bonchev–Trinajstić information content (AvgIpc) is 3.19. The molecular formula is C24H22F3N5O2S. The average molecular weight is 502 g/mol. The monoisotopic (exact) mass is 501 g/mol. The number of carbonyl (C=O) groups excluding carboxylic acids is 2. The first-order valence-corrected chi connectivity index (χ1v) is 11.7.